The summed E-state index contributed by atoms with van der Waals surface area (Å²) >= 11 is 6.12. The van der Waals surface area contributed by atoms with Crippen molar-refractivity contribution >= 4 is 33.2 Å². The molecule has 0 bridgehead atoms. The van der Waals surface area contributed by atoms with E-state index >= 15 is 0 Å². The number of anilines is 1. The normalized spacial score (nSPS) is 11.1. The lowest BCUT2D eigenvalue weighted by molar-refractivity contribution is -0.121. The van der Waals surface area contributed by atoms with Crippen LogP contribution in [0.15, 0.2) is 42.5 Å². The first-order valence-electron chi connectivity index (χ1n) is 10.0. The number of amides is 1. The molecule has 31 heavy (non-hydrogen) atoms. The molecule has 0 fully saturated rings. The van der Waals surface area contributed by atoms with Crippen molar-refractivity contribution in [3.63, 3.8) is 0 Å². The van der Waals surface area contributed by atoms with E-state index < -0.39 is 10.0 Å². The van der Waals surface area contributed by atoms with E-state index in [1.54, 1.807) is 12.1 Å². The van der Waals surface area contributed by atoms with Crippen molar-refractivity contribution in [1.82, 2.24) is 5.32 Å². The maximum absolute atomic E-state index is 12.2. The lowest BCUT2D eigenvalue weighted by atomic mass is 10.2. The van der Waals surface area contributed by atoms with Crippen LogP contribution in [0.4, 0.5) is 5.69 Å². The molecular weight excluding hydrogens is 440 g/mol. The first-order valence-corrected chi connectivity index (χ1v) is 12.3. The van der Waals surface area contributed by atoms with E-state index in [9.17, 15) is 13.2 Å². The fourth-order valence-corrected chi connectivity index (χ4v) is 4.16. The molecule has 0 aliphatic carbocycles. The Kier molecular flexibility index (Phi) is 9.45. The third kappa shape index (κ3) is 7.95. The van der Waals surface area contributed by atoms with E-state index in [4.69, 9.17) is 21.1 Å². The molecule has 0 aromatic heterocycles. The van der Waals surface area contributed by atoms with Gasteiger partial charge in [-0.15, -0.1) is 0 Å². The summed E-state index contributed by atoms with van der Waals surface area (Å²) in [5.41, 5.74) is 1.66. The van der Waals surface area contributed by atoms with Gasteiger partial charge in [0.15, 0.2) is 0 Å². The summed E-state index contributed by atoms with van der Waals surface area (Å²) in [6.45, 7) is 2.98. The summed E-state index contributed by atoms with van der Waals surface area (Å²) in [6.07, 6.45) is 2.65. The molecule has 0 unspecified atom stereocenters. The van der Waals surface area contributed by atoms with Crippen molar-refractivity contribution in [3.05, 3.63) is 53.1 Å². The number of halogens is 1. The van der Waals surface area contributed by atoms with Crippen LogP contribution >= 0.6 is 11.6 Å². The first-order chi connectivity index (χ1) is 14.7. The third-order valence-electron chi connectivity index (χ3n) is 4.61. The van der Waals surface area contributed by atoms with Crippen molar-refractivity contribution in [2.45, 2.75) is 26.2 Å². The molecule has 1 amide bonds. The molecule has 0 radical (unpaired) electrons. The van der Waals surface area contributed by atoms with Crippen LogP contribution in [0.25, 0.3) is 0 Å². The molecule has 1 N–H and O–H groups in total. The van der Waals surface area contributed by atoms with Gasteiger partial charge < -0.3 is 14.8 Å². The summed E-state index contributed by atoms with van der Waals surface area (Å²) in [6, 6.07) is 12.6. The number of rotatable bonds is 12. The molecule has 0 aliphatic heterocycles. The van der Waals surface area contributed by atoms with Crippen LogP contribution in [0.1, 0.15) is 25.3 Å². The highest BCUT2D eigenvalue weighted by Crippen LogP contribution is 2.30. The minimum atomic E-state index is -3.53. The second-order valence-electron chi connectivity index (χ2n) is 6.95. The topological polar surface area (TPSA) is 84.9 Å². The number of nitrogens with zero attached hydrogens (tertiary/aromatic N) is 1. The van der Waals surface area contributed by atoms with Gasteiger partial charge in [0.2, 0.25) is 15.9 Å². The van der Waals surface area contributed by atoms with Gasteiger partial charge in [0.25, 0.3) is 0 Å². The third-order valence-corrected chi connectivity index (χ3v) is 6.10. The van der Waals surface area contributed by atoms with Crippen LogP contribution in [0.5, 0.6) is 11.5 Å². The monoisotopic (exact) mass is 468 g/mol. The lowest BCUT2D eigenvalue weighted by Crippen LogP contribution is -2.32. The van der Waals surface area contributed by atoms with Gasteiger partial charge in [-0.1, -0.05) is 30.7 Å². The Labute approximate surface area is 189 Å². The van der Waals surface area contributed by atoms with Gasteiger partial charge >= 0.3 is 0 Å². The number of sulfonamides is 1. The zero-order valence-corrected chi connectivity index (χ0v) is 19.6. The van der Waals surface area contributed by atoms with Gasteiger partial charge in [-0.2, -0.15) is 0 Å². The first kappa shape index (κ1) is 24.8. The molecule has 9 heteroatoms. The van der Waals surface area contributed by atoms with Gasteiger partial charge in [0, 0.05) is 13.0 Å². The maximum Gasteiger partial charge on any atom is 0.232 e. The van der Waals surface area contributed by atoms with Crippen molar-refractivity contribution in [3.8, 4) is 11.5 Å². The van der Waals surface area contributed by atoms with Crippen LogP contribution in [0, 0.1) is 0 Å². The molecule has 0 heterocycles. The predicted molar refractivity (Wildman–Crippen MR) is 124 cm³/mol. The molecule has 0 aliphatic rings. The van der Waals surface area contributed by atoms with Crippen LogP contribution in [0.3, 0.4) is 0 Å². The SMILES string of the molecule is CCc1ccc(OCCNC(=O)CCCN(c2ccc(OC)c(Cl)c2)S(C)(=O)=O)cc1. The highest BCUT2D eigenvalue weighted by atomic mass is 35.5. The van der Waals surface area contributed by atoms with Crippen LogP contribution in [0.2, 0.25) is 5.02 Å². The minimum absolute atomic E-state index is 0.161. The highest BCUT2D eigenvalue weighted by molar-refractivity contribution is 7.92. The summed E-state index contributed by atoms with van der Waals surface area (Å²) in [4.78, 5) is 12.1. The Bertz CT molecular complexity index is 964. The number of methoxy groups -OCH3 is 1. The Morgan fingerprint density at radius 2 is 1.87 bits per heavy atom. The number of benzene rings is 2. The fraction of sp³-hybridized carbons (Fsp3) is 0.409. The Hall–Kier alpha value is -2.45. The molecular formula is C22H29ClN2O5S. The summed E-state index contributed by atoms with van der Waals surface area (Å²) in [5, 5.41) is 3.10. The van der Waals surface area contributed by atoms with Gasteiger partial charge in [0.05, 0.1) is 30.6 Å². The number of nitrogens with one attached hydrogen (secondary N) is 1. The number of hydrogen-bond donors (Lipinski definition) is 1. The molecule has 0 saturated heterocycles. The maximum atomic E-state index is 12.2. The molecule has 0 spiro atoms. The summed E-state index contributed by atoms with van der Waals surface area (Å²) in [5.74, 6) is 1.06. The number of hydrogen-bond acceptors (Lipinski definition) is 5. The highest BCUT2D eigenvalue weighted by Gasteiger charge is 2.19. The minimum Gasteiger partial charge on any atom is -0.495 e. The fourth-order valence-electron chi connectivity index (χ4n) is 2.95. The summed E-state index contributed by atoms with van der Waals surface area (Å²) < 4.78 is 36.3. The van der Waals surface area contributed by atoms with Crippen molar-refractivity contribution in [1.29, 1.82) is 0 Å². The molecule has 170 valence electrons. The Morgan fingerprint density at radius 1 is 1.16 bits per heavy atom. The van der Waals surface area contributed by atoms with E-state index in [0.717, 1.165) is 18.4 Å². The van der Waals surface area contributed by atoms with Crippen molar-refractivity contribution < 1.29 is 22.7 Å². The van der Waals surface area contributed by atoms with Crippen molar-refractivity contribution in [2.24, 2.45) is 0 Å². The smallest absolute Gasteiger partial charge is 0.232 e. The number of carbonyl (C=O) groups is 1. The Morgan fingerprint density at radius 3 is 2.45 bits per heavy atom. The van der Waals surface area contributed by atoms with E-state index in [1.807, 2.05) is 24.3 Å². The second-order valence-corrected chi connectivity index (χ2v) is 9.27. The van der Waals surface area contributed by atoms with E-state index in [0.29, 0.717) is 36.0 Å². The largest absolute Gasteiger partial charge is 0.495 e. The molecule has 2 aromatic carbocycles. The molecule has 0 saturated carbocycles. The molecule has 2 aromatic rings. The standard InChI is InChI=1S/C22H29ClN2O5S/c1-4-17-7-10-19(11-8-17)30-15-13-24-22(26)6-5-14-25(31(3,27)28)18-9-12-21(29-2)20(23)16-18/h7-12,16H,4-6,13-15H2,1-3H3,(H,24,26). The number of aryl methyl sites for hydroxylation is 1. The van der Waals surface area contributed by atoms with E-state index in [2.05, 4.69) is 12.2 Å². The summed E-state index contributed by atoms with van der Waals surface area (Å²) in [7, 11) is -2.04. The number of carbonyl (C=O) groups excluding carboxylic acids is 1. The van der Waals surface area contributed by atoms with Crippen LogP contribution in [-0.2, 0) is 21.2 Å². The quantitative estimate of drug-likeness (QED) is 0.480. The van der Waals surface area contributed by atoms with E-state index in [-0.39, 0.29) is 18.9 Å². The van der Waals surface area contributed by atoms with Gasteiger partial charge in [-0.3, -0.25) is 9.10 Å². The van der Waals surface area contributed by atoms with Gasteiger partial charge in [0.1, 0.15) is 18.1 Å². The van der Waals surface area contributed by atoms with E-state index in [1.165, 1.54) is 23.0 Å². The zero-order chi connectivity index (χ0) is 22.9. The molecule has 0 atom stereocenters. The second kappa shape index (κ2) is 11.8. The van der Waals surface area contributed by atoms with Crippen LogP contribution < -0.4 is 19.1 Å². The average molecular weight is 469 g/mol. The average Bonchev–Trinajstić information content (AvgIpc) is 2.74. The van der Waals surface area contributed by atoms with Crippen LogP contribution in [-0.4, -0.2) is 47.4 Å². The predicted octanol–water partition coefficient (Wildman–Crippen LogP) is 3.65. The Balaban J connectivity index is 1.78. The number of ether oxygens (including phenoxy) is 2. The zero-order valence-electron chi connectivity index (χ0n) is 18.1. The van der Waals surface area contributed by atoms with Gasteiger partial charge in [-0.25, -0.2) is 8.42 Å². The van der Waals surface area contributed by atoms with Crippen molar-refractivity contribution in [2.75, 3.05) is 37.4 Å². The molecule has 2 rings (SSSR count). The van der Waals surface area contributed by atoms with Gasteiger partial charge in [-0.05, 0) is 48.7 Å². The lowest BCUT2D eigenvalue weighted by Gasteiger charge is -2.23. The molecule has 7 nitrogen and oxygen atoms in total.